The first-order valence-electron chi connectivity index (χ1n) is 5.67. The van der Waals surface area contributed by atoms with Crippen molar-refractivity contribution < 1.29 is 13.2 Å². The Kier molecular flexibility index (Phi) is 3.78. The first-order valence-corrected chi connectivity index (χ1v) is 7.21. The van der Waals surface area contributed by atoms with Crippen molar-refractivity contribution in [3.05, 3.63) is 65.7 Å². The van der Waals surface area contributed by atoms with Gasteiger partial charge in [-0.15, -0.1) is 0 Å². The van der Waals surface area contributed by atoms with Crippen molar-refractivity contribution in [3.63, 3.8) is 0 Å². The van der Waals surface area contributed by atoms with Crippen molar-refractivity contribution in [1.82, 2.24) is 0 Å². The van der Waals surface area contributed by atoms with Crippen LogP contribution in [0.1, 0.15) is 15.9 Å². The van der Waals surface area contributed by atoms with Gasteiger partial charge in [-0.1, -0.05) is 42.5 Å². The second-order valence-corrected chi connectivity index (χ2v) is 5.72. The number of Topliss-reactive ketones (excluding diaryl/α,β-unsaturated/α-hetero) is 1. The Hall–Kier alpha value is -1.98. The summed E-state index contributed by atoms with van der Waals surface area (Å²) < 4.78 is 22.2. The van der Waals surface area contributed by atoms with Crippen LogP contribution in [0.15, 0.2) is 59.5 Å². The van der Waals surface area contributed by atoms with Gasteiger partial charge in [0.1, 0.15) is 0 Å². The van der Waals surface area contributed by atoms with Crippen molar-refractivity contribution >= 4 is 15.8 Å². The van der Waals surface area contributed by atoms with Gasteiger partial charge in [0.05, 0.1) is 4.90 Å². The molecule has 2 aromatic carbocycles. The average molecular weight is 275 g/mol. The van der Waals surface area contributed by atoms with E-state index in [4.69, 9.17) is 5.14 Å². The van der Waals surface area contributed by atoms with Crippen LogP contribution in [0, 0.1) is 0 Å². The van der Waals surface area contributed by atoms with Crippen LogP contribution >= 0.6 is 0 Å². The van der Waals surface area contributed by atoms with Gasteiger partial charge < -0.3 is 0 Å². The van der Waals surface area contributed by atoms with E-state index in [9.17, 15) is 13.2 Å². The molecule has 0 atom stereocenters. The summed E-state index contributed by atoms with van der Waals surface area (Å²) in [6.07, 6.45) is 0.231. The molecule has 0 aliphatic carbocycles. The average Bonchev–Trinajstić information content (AvgIpc) is 2.39. The molecule has 0 amide bonds. The highest BCUT2D eigenvalue weighted by Gasteiger charge is 2.09. The molecule has 0 aliphatic rings. The third-order valence-electron chi connectivity index (χ3n) is 2.71. The molecule has 0 aromatic heterocycles. The molecule has 0 spiro atoms. The number of primary sulfonamides is 1. The lowest BCUT2D eigenvalue weighted by molar-refractivity contribution is 0.0993. The molecule has 0 saturated heterocycles. The van der Waals surface area contributed by atoms with E-state index in [0.717, 1.165) is 5.56 Å². The van der Waals surface area contributed by atoms with Crippen LogP contribution in [0.5, 0.6) is 0 Å². The number of hydrogen-bond donors (Lipinski definition) is 1. The highest BCUT2D eigenvalue weighted by Crippen LogP contribution is 2.11. The number of carbonyl (C=O) groups excluding carboxylic acids is 1. The van der Waals surface area contributed by atoms with Gasteiger partial charge in [-0.2, -0.15) is 0 Å². The molecular weight excluding hydrogens is 262 g/mol. The Morgan fingerprint density at radius 2 is 1.53 bits per heavy atom. The Bertz CT molecular complexity index is 676. The summed E-state index contributed by atoms with van der Waals surface area (Å²) in [7, 11) is -3.69. The van der Waals surface area contributed by atoms with E-state index in [-0.39, 0.29) is 17.1 Å². The second kappa shape index (κ2) is 5.34. The van der Waals surface area contributed by atoms with Gasteiger partial charge in [0, 0.05) is 12.0 Å². The van der Waals surface area contributed by atoms with Crippen LogP contribution in [-0.2, 0) is 16.4 Å². The summed E-state index contributed by atoms with van der Waals surface area (Å²) in [5.74, 6) is -0.0102. The van der Waals surface area contributed by atoms with Gasteiger partial charge >= 0.3 is 0 Å². The normalized spacial score (nSPS) is 11.2. The predicted molar refractivity (Wildman–Crippen MR) is 72.3 cm³/mol. The minimum atomic E-state index is -3.69. The number of nitrogens with two attached hydrogens (primary N) is 1. The first kappa shape index (κ1) is 13.5. The summed E-state index contributed by atoms with van der Waals surface area (Å²) in [6.45, 7) is 0. The Morgan fingerprint density at radius 1 is 0.947 bits per heavy atom. The molecule has 4 nitrogen and oxygen atoms in total. The van der Waals surface area contributed by atoms with E-state index in [0.29, 0.717) is 5.56 Å². The monoisotopic (exact) mass is 275 g/mol. The van der Waals surface area contributed by atoms with E-state index in [1.807, 2.05) is 6.07 Å². The molecule has 2 rings (SSSR count). The number of sulfonamides is 1. The van der Waals surface area contributed by atoms with Crippen molar-refractivity contribution in [1.29, 1.82) is 0 Å². The molecule has 19 heavy (non-hydrogen) atoms. The smallest absolute Gasteiger partial charge is 0.238 e. The maximum absolute atomic E-state index is 12.0. The van der Waals surface area contributed by atoms with Gasteiger partial charge in [0.15, 0.2) is 5.78 Å². The summed E-state index contributed by atoms with van der Waals surface area (Å²) in [5.41, 5.74) is 1.39. The quantitative estimate of drug-likeness (QED) is 0.864. The van der Waals surface area contributed by atoms with Crippen molar-refractivity contribution in [2.45, 2.75) is 11.3 Å². The molecular formula is C14H13NO3S. The number of rotatable bonds is 4. The van der Waals surface area contributed by atoms with Crippen LogP contribution < -0.4 is 5.14 Å². The van der Waals surface area contributed by atoms with E-state index in [1.165, 1.54) is 12.1 Å². The maximum Gasteiger partial charge on any atom is 0.238 e. The molecule has 0 unspecified atom stereocenters. The fourth-order valence-electron chi connectivity index (χ4n) is 1.71. The van der Waals surface area contributed by atoms with Gasteiger partial charge in [0.2, 0.25) is 10.0 Å². The van der Waals surface area contributed by atoms with E-state index in [2.05, 4.69) is 0 Å². The third kappa shape index (κ3) is 3.49. The lowest BCUT2D eigenvalue weighted by Crippen LogP contribution is -2.12. The number of benzene rings is 2. The molecule has 0 fully saturated rings. The van der Waals surface area contributed by atoms with Crippen molar-refractivity contribution in [3.8, 4) is 0 Å². The molecule has 0 bridgehead atoms. The second-order valence-electron chi connectivity index (χ2n) is 4.15. The lowest BCUT2D eigenvalue weighted by Gasteiger charge is -2.03. The van der Waals surface area contributed by atoms with E-state index in [1.54, 1.807) is 36.4 Å². The molecule has 0 heterocycles. The zero-order valence-corrected chi connectivity index (χ0v) is 10.9. The van der Waals surface area contributed by atoms with Gasteiger partial charge in [-0.05, 0) is 17.7 Å². The van der Waals surface area contributed by atoms with Crippen LogP contribution in [0.2, 0.25) is 0 Å². The largest absolute Gasteiger partial charge is 0.294 e. The molecule has 5 heteroatoms. The van der Waals surface area contributed by atoms with Crippen LogP contribution in [0.25, 0.3) is 0 Å². The summed E-state index contributed by atoms with van der Waals surface area (Å²) in [4.78, 5) is 12.0. The zero-order valence-electron chi connectivity index (χ0n) is 10.1. The zero-order chi connectivity index (χ0) is 13.9. The maximum atomic E-state index is 12.0. The topological polar surface area (TPSA) is 77.2 Å². The Balaban J connectivity index is 2.15. The lowest BCUT2D eigenvalue weighted by atomic mass is 10.0. The van der Waals surface area contributed by atoms with Crippen molar-refractivity contribution in [2.75, 3.05) is 0 Å². The van der Waals surface area contributed by atoms with Gasteiger partial charge in [-0.25, -0.2) is 13.6 Å². The molecule has 0 aliphatic heterocycles. The molecule has 0 saturated carbocycles. The fraction of sp³-hybridized carbons (Fsp3) is 0.0714. The van der Waals surface area contributed by atoms with E-state index < -0.39 is 10.0 Å². The Labute approximate surface area is 111 Å². The summed E-state index contributed by atoms with van der Waals surface area (Å²) >= 11 is 0. The minimum absolute atomic E-state index is 0.0102. The number of carbonyl (C=O) groups is 1. The SMILES string of the molecule is NS(=O)(=O)c1ccc(CC(=O)c2ccccc2)cc1. The Morgan fingerprint density at radius 3 is 2.05 bits per heavy atom. The molecule has 2 N–H and O–H groups in total. The number of ketones is 1. The van der Waals surface area contributed by atoms with Gasteiger partial charge in [-0.3, -0.25) is 4.79 Å². The van der Waals surface area contributed by atoms with E-state index >= 15 is 0 Å². The predicted octanol–water partition coefficient (Wildman–Crippen LogP) is 1.76. The van der Waals surface area contributed by atoms with Crippen molar-refractivity contribution in [2.24, 2.45) is 5.14 Å². The standard InChI is InChI=1S/C14H13NO3S/c15-19(17,18)13-8-6-11(7-9-13)10-14(16)12-4-2-1-3-5-12/h1-9H,10H2,(H2,15,17,18). The molecule has 2 aromatic rings. The molecule has 98 valence electrons. The highest BCUT2D eigenvalue weighted by atomic mass is 32.2. The van der Waals surface area contributed by atoms with Gasteiger partial charge in [0.25, 0.3) is 0 Å². The van der Waals surface area contributed by atoms with Crippen LogP contribution in [-0.4, -0.2) is 14.2 Å². The minimum Gasteiger partial charge on any atom is -0.294 e. The summed E-state index contributed by atoms with van der Waals surface area (Å²) in [5, 5.41) is 5.00. The van der Waals surface area contributed by atoms with Crippen LogP contribution in [0.3, 0.4) is 0 Å². The number of hydrogen-bond acceptors (Lipinski definition) is 3. The first-order chi connectivity index (χ1) is 8.97. The highest BCUT2D eigenvalue weighted by molar-refractivity contribution is 7.89. The third-order valence-corrected chi connectivity index (χ3v) is 3.64. The molecule has 0 radical (unpaired) electrons. The fourth-order valence-corrected chi connectivity index (χ4v) is 2.22. The van der Waals surface area contributed by atoms with Crippen LogP contribution in [0.4, 0.5) is 0 Å². The summed E-state index contributed by atoms with van der Waals surface area (Å²) in [6, 6.07) is 15.0.